The molecule has 3 unspecified atom stereocenters. The highest BCUT2D eigenvalue weighted by molar-refractivity contribution is 5.81. The van der Waals surface area contributed by atoms with Crippen molar-refractivity contribution < 1.29 is 19.0 Å². The van der Waals surface area contributed by atoms with E-state index in [1.54, 1.807) is 0 Å². The molecule has 4 bridgehead atoms. The van der Waals surface area contributed by atoms with Gasteiger partial charge >= 0.3 is 5.97 Å². The number of carbonyl (C=O) groups is 1. The van der Waals surface area contributed by atoms with Gasteiger partial charge in [0.2, 0.25) is 0 Å². The molecule has 4 nitrogen and oxygen atoms in total. The third-order valence-electron chi connectivity index (χ3n) is 7.78. The Balaban J connectivity index is 1.17. The maximum Gasteiger partial charge on any atom is 0.330 e. The van der Waals surface area contributed by atoms with E-state index in [1.165, 1.54) is 51.0 Å². The van der Waals surface area contributed by atoms with Crippen LogP contribution in [0.25, 0.3) is 0 Å². The minimum Gasteiger partial charge on any atom is -0.456 e. The molecule has 1 heterocycles. The van der Waals surface area contributed by atoms with Crippen molar-refractivity contribution >= 4 is 5.97 Å². The molecule has 4 saturated carbocycles. The van der Waals surface area contributed by atoms with E-state index in [0.29, 0.717) is 11.8 Å². The van der Waals surface area contributed by atoms with Crippen molar-refractivity contribution in [2.24, 2.45) is 11.8 Å². The maximum atomic E-state index is 11.9. The molecule has 4 heteroatoms. The molecule has 0 N–H and O–H groups in total. The number of carbonyl (C=O) groups excluding carboxylic acids is 1. The summed E-state index contributed by atoms with van der Waals surface area (Å²) in [5.41, 5.74) is -0.136. The predicted molar refractivity (Wildman–Crippen MR) is 109 cm³/mol. The van der Waals surface area contributed by atoms with Gasteiger partial charge in [-0.3, -0.25) is 0 Å². The van der Waals surface area contributed by atoms with Crippen LogP contribution >= 0.6 is 0 Å². The van der Waals surface area contributed by atoms with Crippen LogP contribution < -0.4 is 0 Å². The monoisotopic (exact) mass is 390 g/mol. The number of hydrogen-bond acceptors (Lipinski definition) is 4. The third-order valence-corrected chi connectivity index (χ3v) is 7.78. The standard InChI is InChI=1S/C24H38O4/c1-3-21(25)28-24-16-19-13-20(17-24)15-23(14-19,18-24)27-11-8-6-4-5-7-9-22(2)10-12-26-22/h3,19-20H,1,4-18H2,2H3. The zero-order valence-corrected chi connectivity index (χ0v) is 17.7. The van der Waals surface area contributed by atoms with Crippen LogP contribution in [0, 0.1) is 11.8 Å². The Bertz CT molecular complexity index is 565. The summed E-state index contributed by atoms with van der Waals surface area (Å²) in [7, 11) is 0. The fraction of sp³-hybridized carbons (Fsp3) is 0.875. The number of hydrogen-bond donors (Lipinski definition) is 0. The molecule has 4 aliphatic carbocycles. The van der Waals surface area contributed by atoms with Gasteiger partial charge in [-0.05, 0) is 70.1 Å². The summed E-state index contributed by atoms with van der Waals surface area (Å²) >= 11 is 0. The molecule has 0 aromatic heterocycles. The van der Waals surface area contributed by atoms with E-state index in [9.17, 15) is 4.79 Å². The van der Waals surface area contributed by atoms with Gasteiger partial charge in [-0.15, -0.1) is 0 Å². The molecule has 5 aliphatic rings. The minimum absolute atomic E-state index is 0.0400. The highest BCUT2D eigenvalue weighted by atomic mass is 16.6. The Hall–Kier alpha value is -0.870. The van der Waals surface area contributed by atoms with Gasteiger partial charge in [0.1, 0.15) is 5.60 Å². The van der Waals surface area contributed by atoms with Gasteiger partial charge in [0.05, 0.1) is 17.8 Å². The third kappa shape index (κ3) is 4.48. The van der Waals surface area contributed by atoms with Gasteiger partial charge in [-0.2, -0.15) is 0 Å². The van der Waals surface area contributed by atoms with Crippen LogP contribution in [0.4, 0.5) is 0 Å². The van der Waals surface area contributed by atoms with Crippen molar-refractivity contribution in [2.45, 2.75) is 107 Å². The van der Waals surface area contributed by atoms with Crippen molar-refractivity contribution in [1.82, 2.24) is 0 Å². The average molecular weight is 391 g/mol. The van der Waals surface area contributed by atoms with E-state index in [0.717, 1.165) is 51.7 Å². The normalized spacial score (nSPS) is 40.9. The highest BCUT2D eigenvalue weighted by Gasteiger charge is 2.60. The number of ether oxygens (including phenoxy) is 3. The average Bonchev–Trinajstić information content (AvgIpc) is 2.60. The Morgan fingerprint density at radius 3 is 2.36 bits per heavy atom. The summed E-state index contributed by atoms with van der Waals surface area (Å²) in [6.07, 6.45) is 16.6. The summed E-state index contributed by atoms with van der Waals surface area (Å²) in [5, 5.41) is 0. The predicted octanol–water partition coefficient (Wildman–Crippen LogP) is 5.34. The molecular formula is C24H38O4. The van der Waals surface area contributed by atoms with Crippen molar-refractivity contribution in [3.05, 3.63) is 12.7 Å². The number of rotatable bonds is 11. The SMILES string of the molecule is C=CC(=O)OC12CC3CC(CC(OCCCCCCCC4(C)CCO4)(C3)C1)C2. The molecule has 0 amide bonds. The van der Waals surface area contributed by atoms with Crippen LogP contribution in [0.3, 0.4) is 0 Å². The summed E-state index contributed by atoms with van der Waals surface area (Å²) in [5.74, 6) is 1.06. The molecule has 0 aromatic rings. The largest absolute Gasteiger partial charge is 0.456 e. The Morgan fingerprint density at radius 2 is 1.71 bits per heavy atom. The van der Waals surface area contributed by atoms with E-state index in [1.807, 2.05) is 0 Å². The first-order valence-electron chi connectivity index (χ1n) is 11.6. The molecule has 5 fully saturated rings. The lowest BCUT2D eigenvalue weighted by molar-refractivity contribution is -0.231. The quantitative estimate of drug-likeness (QED) is 0.271. The maximum absolute atomic E-state index is 11.9. The van der Waals surface area contributed by atoms with E-state index >= 15 is 0 Å². The summed E-state index contributed by atoms with van der Waals surface area (Å²) in [6, 6.07) is 0. The van der Waals surface area contributed by atoms with E-state index in [2.05, 4.69) is 13.5 Å². The van der Waals surface area contributed by atoms with E-state index in [-0.39, 0.29) is 22.8 Å². The molecule has 158 valence electrons. The number of unbranched alkanes of at least 4 members (excludes halogenated alkanes) is 4. The highest BCUT2D eigenvalue weighted by Crippen LogP contribution is 2.60. The lowest BCUT2D eigenvalue weighted by atomic mass is 9.52. The Kier molecular flexibility index (Phi) is 5.90. The van der Waals surface area contributed by atoms with Crippen LogP contribution in [0.5, 0.6) is 0 Å². The molecule has 0 radical (unpaired) electrons. The second-order valence-electron chi connectivity index (χ2n) is 10.4. The molecule has 28 heavy (non-hydrogen) atoms. The van der Waals surface area contributed by atoms with Gasteiger partial charge < -0.3 is 14.2 Å². The van der Waals surface area contributed by atoms with E-state index < -0.39 is 0 Å². The first kappa shape index (κ1) is 20.4. The topological polar surface area (TPSA) is 44.8 Å². The Morgan fingerprint density at radius 1 is 1.07 bits per heavy atom. The van der Waals surface area contributed by atoms with Crippen molar-refractivity contribution in [2.75, 3.05) is 13.2 Å². The molecule has 5 rings (SSSR count). The fourth-order valence-electron chi connectivity index (χ4n) is 6.71. The molecule has 0 spiro atoms. The zero-order chi connectivity index (χ0) is 19.7. The first-order valence-corrected chi connectivity index (χ1v) is 11.6. The van der Waals surface area contributed by atoms with Crippen LogP contribution in [-0.4, -0.2) is 36.0 Å². The second kappa shape index (κ2) is 8.10. The van der Waals surface area contributed by atoms with Gasteiger partial charge in [-0.25, -0.2) is 4.79 Å². The van der Waals surface area contributed by atoms with Crippen molar-refractivity contribution in [1.29, 1.82) is 0 Å². The van der Waals surface area contributed by atoms with Crippen molar-refractivity contribution in [3.8, 4) is 0 Å². The summed E-state index contributed by atoms with van der Waals surface area (Å²) < 4.78 is 18.1. The summed E-state index contributed by atoms with van der Waals surface area (Å²) in [6.45, 7) is 7.62. The smallest absolute Gasteiger partial charge is 0.330 e. The minimum atomic E-state index is -0.283. The van der Waals surface area contributed by atoms with Gasteiger partial charge in [0.25, 0.3) is 0 Å². The molecule has 1 saturated heterocycles. The zero-order valence-electron chi connectivity index (χ0n) is 17.7. The van der Waals surface area contributed by atoms with Crippen LogP contribution in [0.1, 0.15) is 90.4 Å². The number of esters is 1. The van der Waals surface area contributed by atoms with Crippen LogP contribution in [0.2, 0.25) is 0 Å². The molecule has 3 atom stereocenters. The van der Waals surface area contributed by atoms with Gasteiger partial charge in [-0.1, -0.05) is 32.3 Å². The molecule has 1 aliphatic heterocycles. The van der Waals surface area contributed by atoms with Crippen molar-refractivity contribution in [3.63, 3.8) is 0 Å². The fourth-order valence-corrected chi connectivity index (χ4v) is 6.71. The molecule has 0 aromatic carbocycles. The van der Waals surface area contributed by atoms with Crippen LogP contribution in [-0.2, 0) is 19.0 Å². The first-order chi connectivity index (χ1) is 13.4. The van der Waals surface area contributed by atoms with Gasteiger partial charge in [0, 0.05) is 19.1 Å². The van der Waals surface area contributed by atoms with E-state index in [4.69, 9.17) is 14.2 Å². The second-order valence-corrected chi connectivity index (χ2v) is 10.4. The van der Waals surface area contributed by atoms with Crippen LogP contribution in [0.15, 0.2) is 12.7 Å². The summed E-state index contributed by atoms with van der Waals surface area (Å²) in [4.78, 5) is 11.9. The lowest BCUT2D eigenvalue weighted by Crippen LogP contribution is -2.61. The Labute approximate surface area is 170 Å². The van der Waals surface area contributed by atoms with Gasteiger partial charge in [0.15, 0.2) is 0 Å². The molecular weight excluding hydrogens is 352 g/mol. The lowest BCUT2D eigenvalue weighted by Gasteiger charge is -2.60.